The first kappa shape index (κ1) is 12.6. The lowest BCUT2D eigenvalue weighted by molar-refractivity contribution is 0.0526. The molecule has 0 fully saturated rings. The normalized spacial score (nSPS) is 10.1. The Morgan fingerprint density at radius 1 is 1.28 bits per heavy atom. The third-order valence-electron chi connectivity index (χ3n) is 2.47. The number of benzene rings is 1. The van der Waals surface area contributed by atoms with Crippen LogP contribution in [0.3, 0.4) is 0 Å². The first-order valence-electron chi connectivity index (χ1n) is 5.81. The zero-order valence-corrected chi connectivity index (χ0v) is 11.0. The Hall–Kier alpha value is -1.81. The molecule has 1 aromatic heterocycles. The van der Waals surface area contributed by atoms with Gasteiger partial charge in [0.15, 0.2) is 0 Å². The van der Waals surface area contributed by atoms with Gasteiger partial charge in [-0.05, 0) is 53.6 Å². The molecule has 0 saturated heterocycles. The third kappa shape index (κ3) is 3.34. The molecule has 0 aliphatic rings. The Kier molecular flexibility index (Phi) is 4.36. The van der Waals surface area contributed by atoms with E-state index >= 15 is 0 Å². The number of anilines is 1. The van der Waals surface area contributed by atoms with Gasteiger partial charge in [0.25, 0.3) is 0 Å². The summed E-state index contributed by atoms with van der Waals surface area (Å²) in [5, 5.41) is 7.47. The van der Waals surface area contributed by atoms with E-state index in [1.165, 1.54) is 5.56 Å². The lowest BCUT2D eigenvalue weighted by atomic mass is 10.2. The predicted molar refractivity (Wildman–Crippen MR) is 74.0 cm³/mol. The summed E-state index contributed by atoms with van der Waals surface area (Å²) >= 11 is 1.69. The van der Waals surface area contributed by atoms with Crippen molar-refractivity contribution in [1.82, 2.24) is 0 Å². The highest BCUT2D eigenvalue weighted by atomic mass is 32.1. The molecule has 2 aromatic rings. The van der Waals surface area contributed by atoms with Gasteiger partial charge in [0.2, 0.25) is 0 Å². The van der Waals surface area contributed by atoms with Crippen LogP contribution in [0.4, 0.5) is 5.69 Å². The molecule has 0 atom stereocenters. The number of esters is 1. The zero-order valence-electron chi connectivity index (χ0n) is 10.2. The van der Waals surface area contributed by atoms with Gasteiger partial charge < -0.3 is 10.1 Å². The van der Waals surface area contributed by atoms with Crippen LogP contribution < -0.4 is 5.32 Å². The second-order valence-corrected chi connectivity index (χ2v) is 4.56. The molecule has 18 heavy (non-hydrogen) atoms. The van der Waals surface area contributed by atoms with E-state index in [2.05, 4.69) is 22.1 Å². The van der Waals surface area contributed by atoms with Gasteiger partial charge in [-0.3, -0.25) is 0 Å². The highest BCUT2D eigenvalue weighted by Crippen LogP contribution is 2.13. The number of rotatable bonds is 5. The molecular formula is C14H15NO2S. The van der Waals surface area contributed by atoms with E-state index in [4.69, 9.17) is 4.74 Å². The molecule has 0 saturated carbocycles. The minimum atomic E-state index is -0.276. The van der Waals surface area contributed by atoms with Gasteiger partial charge in [-0.2, -0.15) is 11.3 Å². The average molecular weight is 261 g/mol. The van der Waals surface area contributed by atoms with Crippen molar-refractivity contribution in [3.05, 3.63) is 52.2 Å². The summed E-state index contributed by atoms with van der Waals surface area (Å²) in [6.07, 6.45) is 0. The number of carbonyl (C=O) groups is 1. The minimum Gasteiger partial charge on any atom is -0.462 e. The molecule has 4 heteroatoms. The maximum Gasteiger partial charge on any atom is 0.338 e. The monoisotopic (exact) mass is 261 g/mol. The van der Waals surface area contributed by atoms with E-state index in [0.717, 1.165) is 12.2 Å². The van der Waals surface area contributed by atoms with Crippen LogP contribution in [0, 0.1) is 0 Å². The number of carbonyl (C=O) groups excluding carboxylic acids is 1. The Bertz CT molecular complexity index is 491. The molecule has 0 aliphatic carbocycles. The summed E-state index contributed by atoms with van der Waals surface area (Å²) in [6, 6.07) is 9.41. The van der Waals surface area contributed by atoms with Crippen LogP contribution in [-0.4, -0.2) is 12.6 Å². The Balaban J connectivity index is 1.93. The van der Waals surface area contributed by atoms with Crippen molar-refractivity contribution < 1.29 is 9.53 Å². The fourth-order valence-corrected chi connectivity index (χ4v) is 2.20. The predicted octanol–water partition coefficient (Wildman–Crippen LogP) is 3.54. The standard InChI is InChI=1S/C14H15NO2S/c1-2-17-14(16)12-3-5-13(6-4-12)15-9-11-7-8-18-10-11/h3-8,10,15H,2,9H2,1H3. The molecule has 0 unspecified atom stereocenters. The minimum absolute atomic E-state index is 0.276. The Morgan fingerprint density at radius 2 is 2.06 bits per heavy atom. The van der Waals surface area contributed by atoms with Crippen molar-refractivity contribution in [2.24, 2.45) is 0 Å². The van der Waals surface area contributed by atoms with Crippen molar-refractivity contribution in [1.29, 1.82) is 0 Å². The zero-order chi connectivity index (χ0) is 12.8. The summed E-state index contributed by atoms with van der Waals surface area (Å²) in [7, 11) is 0. The third-order valence-corrected chi connectivity index (χ3v) is 3.20. The van der Waals surface area contributed by atoms with Crippen molar-refractivity contribution in [3.8, 4) is 0 Å². The summed E-state index contributed by atoms with van der Waals surface area (Å²) in [4.78, 5) is 11.5. The molecule has 1 aromatic carbocycles. The van der Waals surface area contributed by atoms with E-state index in [1.807, 2.05) is 12.1 Å². The molecule has 2 rings (SSSR count). The topological polar surface area (TPSA) is 38.3 Å². The number of nitrogens with one attached hydrogen (secondary N) is 1. The molecule has 0 radical (unpaired) electrons. The van der Waals surface area contributed by atoms with Gasteiger partial charge in [0, 0.05) is 12.2 Å². The van der Waals surface area contributed by atoms with Crippen LogP contribution >= 0.6 is 11.3 Å². The first-order valence-corrected chi connectivity index (χ1v) is 6.76. The summed E-state index contributed by atoms with van der Waals surface area (Å²) in [6.45, 7) is 2.99. The molecule has 1 N–H and O–H groups in total. The fourth-order valence-electron chi connectivity index (χ4n) is 1.54. The van der Waals surface area contributed by atoms with Gasteiger partial charge in [0.05, 0.1) is 12.2 Å². The Morgan fingerprint density at radius 3 is 2.67 bits per heavy atom. The number of thiophene rings is 1. The highest BCUT2D eigenvalue weighted by molar-refractivity contribution is 7.07. The highest BCUT2D eigenvalue weighted by Gasteiger charge is 2.05. The second-order valence-electron chi connectivity index (χ2n) is 3.78. The fraction of sp³-hybridized carbons (Fsp3) is 0.214. The summed E-state index contributed by atoms with van der Waals surface area (Å²) in [5.74, 6) is -0.276. The van der Waals surface area contributed by atoms with Crippen LogP contribution in [0.1, 0.15) is 22.8 Å². The van der Waals surface area contributed by atoms with Crippen LogP contribution in [0.2, 0.25) is 0 Å². The Labute approximate surface area is 110 Å². The SMILES string of the molecule is CCOC(=O)c1ccc(NCc2ccsc2)cc1. The van der Waals surface area contributed by atoms with Gasteiger partial charge >= 0.3 is 5.97 Å². The van der Waals surface area contributed by atoms with E-state index in [0.29, 0.717) is 12.2 Å². The van der Waals surface area contributed by atoms with Crippen LogP contribution in [-0.2, 0) is 11.3 Å². The molecular weight excluding hydrogens is 246 g/mol. The lowest BCUT2D eigenvalue weighted by Crippen LogP contribution is -2.04. The largest absolute Gasteiger partial charge is 0.462 e. The van der Waals surface area contributed by atoms with Gasteiger partial charge in [-0.25, -0.2) is 4.79 Å². The van der Waals surface area contributed by atoms with Crippen molar-refractivity contribution in [2.75, 3.05) is 11.9 Å². The van der Waals surface area contributed by atoms with Gasteiger partial charge in [-0.1, -0.05) is 0 Å². The maximum absolute atomic E-state index is 11.5. The van der Waals surface area contributed by atoms with Gasteiger partial charge in [0.1, 0.15) is 0 Å². The molecule has 0 spiro atoms. The number of ether oxygens (including phenoxy) is 1. The van der Waals surface area contributed by atoms with Crippen LogP contribution in [0.15, 0.2) is 41.1 Å². The van der Waals surface area contributed by atoms with Crippen molar-refractivity contribution in [3.63, 3.8) is 0 Å². The number of hydrogen-bond acceptors (Lipinski definition) is 4. The maximum atomic E-state index is 11.5. The summed E-state index contributed by atoms with van der Waals surface area (Å²) < 4.78 is 4.93. The van der Waals surface area contributed by atoms with Crippen LogP contribution in [0.5, 0.6) is 0 Å². The van der Waals surface area contributed by atoms with Crippen molar-refractivity contribution >= 4 is 23.0 Å². The van der Waals surface area contributed by atoms with E-state index < -0.39 is 0 Å². The molecule has 0 bridgehead atoms. The molecule has 1 heterocycles. The van der Waals surface area contributed by atoms with E-state index in [1.54, 1.807) is 30.4 Å². The smallest absolute Gasteiger partial charge is 0.338 e. The quantitative estimate of drug-likeness (QED) is 0.837. The molecule has 3 nitrogen and oxygen atoms in total. The number of hydrogen-bond donors (Lipinski definition) is 1. The lowest BCUT2D eigenvalue weighted by Gasteiger charge is -2.06. The van der Waals surface area contributed by atoms with E-state index in [9.17, 15) is 4.79 Å². The molecule has 94 valence electrons. The second kappa shape index (κ2) is 6.21. The van der Waals surface area contributed by atoms with Gasteiger partial charge in [-0.15, -0.1) is 0 Å². The summed E-state index contributed by atoms with van der Waals surface area (Å²) in [5.41, 5.74) is 2.83. The molecule has 0 amide bonds. The average Bonchev–Trinajstić information content (AvgIpc) is 2.90. The van der Waals surface area contributed by atoms with E-state index in [-0.39, 0.29) is 5.97 Å². The van der Waals surface area contributed by atoms with Crippen molar-refractivity contribution in [2.45, 2.75) is 13.5 Å². The van der Waals surface area contributed by atoms with Crippen LogP contribution in [0.25, 0.3) is 0 Å². The molecule has 0 aliphatic heterocycles. The first-order chi connectivity index (χ1) is 8.79.